The lowest BCUT2D eigenvalue weighted by atomic mass is 10.0. The zero-order valence-corrected chi connectivity index (χ0v) is 17.2. The smallest absolute Gasteiger partial charge is 0.172 e. The number of rotatable bonds is 4. The quantitative estimate of drug-likeness (QED) is 0.729. The van der Waals surface area contributed by atoms with E-state index in [1.165, 1.54) is 4.88 Å². The lowest BCUT2D eigenvalue weighted by Crippen LogP contribution is -2.45. The largest absolute Gasteiger partial charge is 0.503 e. The molecule has 1 aromatic carbocycles. The van der Waals surface area contributed by atoms with Gasteiger partial charge in [0.25, 0.3) is 0 Å². The minimum atomic E-state index is 0. The highest BCUT2D eigenvalue weighted by atomic mass is 79.9. The summed E-state index contributed by atoms with van der Waals surface area (Å²) in [6, 6.07) is 8.37. The Kier molecular flexibility index (Phi) is 8.84. The topological polar surface area (TPSA) is 44.7 Å². The van der Waals surface area contributed by atoms with Crippen molar-refractivity contribution in [2.45, 2.75) is 6.04 Å². The molecular weight excluding hydrogens is 435 g/mol. The number of nitrogens with one attached hydrogen (secondary N) is 1. The molecule has 0 saturated carbocycles. The third-order valence-electron chi connectivity index (χ3n) is 3.92. The number of hydrogen-bond donors (Lipinski definition) is 2. The lowest BCUT2D eigenvalue weighted by Gasteiger charge is -2.35. The second-order valence-corrected chi connectivity index (χ2v) is 7.09. The van der Waals surface area contributed by atoms with Gasteiger partial charge in [0.15, 0.2) is 11.5 Å². The zero-order chi connectivity index (χ0) is 15.5. The summed E-state index contributed by atoms with van der Waals surface area (Å²) >= 11 is 5.20. The molecule has 0 bridgehead atoms. The summed E-state index contributed by atoms with van der Waals surface area (Å²) in [7, 11) is 1.58. The highest BCUT2D eigenvalue weighted by Crippen LogP contribution is 2.40. The number of thiophene rings is 1. The first kappa shape index (κ1) is 21.5. The summed E-state index contributed by atoms with van der Waals surface area (Å²) in [4.78, 5) is 3.78. The summed E-state index contributed by atoms with van der Waals surface area (Å²) < 4.78 is 5.98. The van der Waals surface area contributed by atoms with Gasteiger partial charge in [0.2, 0.25) is 0 Å². The van der Waals surface area contributed by atoms with Gasteiger partial charge in [-0.2, -0.15) is 0 Å². The Bertz CT molecular complexity index is 637. The lowest BCUT2D eigenvalue weighted by molar-refractivity contribution is 0.200. The van der Waals surface area contributed by atoms with Gasteiger partial charge in [0, 0.05) is 31.1 Å². The number of hydrogen-bond acceptors (Lipinski definition) is 5. The van der Waals surface area contributed by atoms with Crippen molar-refractivity contribution in [2.24, 2.45) is 0 Å². The number of ether oxygens (including phenoxy) is 1. The first-order chi connectivity index (χ1) is 10.7. The molecule has 0 spiro atoms. The van der Waals surface area contributed by atoms with Crippen LogP contribution in [0.4, 0.5) is 0 Å². The molecule has 1 aliphatic rings. The summed E-state index contributed by atoms with van der Waals surface area (Å²) in [6.07, 6.45) is 0. The van der Waals surface area contributed by atoms with E-state index in [-0.39, 0.29) is 36.6 Å². The van der Waals surface area contributed by atoms with Gasteiger partial charge in [-0.3, -0.25) is 4.90 Å². The number of benzene rings is 1. The average molecular weight is 456 g/mol. The number of nitrogens with zero attached hydrogens (tertiary/aromatic N) is 1. The molecule has 8 heteroatoms. The molecule has 1 atom stereocenters. The molecule has 2 heterocycles. The zero-order valence-electron chi connectivity index (χ0n) is 13.2. The van der Waals surface area contributed by atoms with Gasteiger partial charge in [-0.05, 0) is 45.1 Å². The van der Waals surface area contributed by atoms with Crippen molar-refractivity contribution in [3.63, 3.8) is 0 Å². The van der Waals surface area contributed by atoms with E-state index in [4.69, 9.17) is 4.74 Å². The van der Waals surface area contributed by atoms with Crippen LogP contribution in [-0.4, -0.2) is 43.3 Å². The standard InChI is InChI=1S/C16H19BrN2O2S.2ClH/c1-21-13-10-11(9-12(17)16(13)20)15(14-3-2-8-22-14)19-6-4-18-5-7-19;;/h2-3,8-10,15,18,20H,4-7H2,1H3;2*1H/t15-;;/m1../s1. The van der Waals surface area contributed by atoms with E-state index in [1.807, 2.05) is 12.1 Å². The van der Waals surface area contributed by atoms with Crippen molar-refractivity contribution in [1.29, 1.82) is 0 Å². The SMILES string of the molecule is COc1cc([C@H](c2cccs2)N2CCNCC2)cc(Br)c1O.Cl.Cl. The van der Waals surface area contributed by atoms with E-state index < -0.39 is 0 Å². The van der Waals surface area contributed by atoms with E-state index in [9.17, 15) is 5.11 Å². The normalized spacial score (nSPS) is 15.9. The van der Waals surface area contributed by atoms with Crippen molar-refractivity contribution in [1.82, 2.24) is 10.2 Å². The van der Waals surface area contributed by atoms with Gasteiger partial charge in [0.1, 0.15) is 0 Å². The maximum absolute atomic E-state index is 10.1. The Morgan fingerprint density at radius 3 is 2.58 bits per heavy atom. The molecule has 1 fully saturated rings. The second-order valence-electron chi connectivity index (χ2n) is 5.26. The number of phenols is 1. The molecule has 0 unspecified atom stereocenters. The van der Waals surface area contributed by atoms with Crippen LogP contribution >= 0.6 is 52.1 Å². The number of aromatic hydroxyl groups is 1. The average Bonchev–Trinajstić information content (AvgIpc) is 3.06. The number of piperazine rings is 1. The maximum atomic E-state index is 10.1. The molecule has 0 amide bonds. The first-order valence-corrected chi connectivity index (χ1v) is 8.92. The van der Waals surface area contributed by atoms with E-state index in [1.54, 1.807) is 18.4 Å². The van der Waals surface area contributed by atoms with Gasteiger partial charge < -0.3 is 15.2 Å². The predicted molar refractivity (Wildman–Crippen MR) is 107 cm³/mol. The molecule has 4 nitrogen and oxygen atoms in total. The molecule has 3 rings (SSSR count). The fourth-order valence-corrected chi connectivity index (χ4v) is 4.19. The van der Waals surface area contributed by atoms with Crippen LogP contribution in [0.2, 0.25) is 0 Å². The third-order valence-corrected chi connectivity index (χ3v) is 5.45. The Morgan fingerprint density at radius 1 is 1.29 bits per heavy atom. The van der Waals surface area contributed by atoms with Gasteiger partial charge in [-0.15, -0.1) is 36.2 Å². The molecule has 1 saturated heterocycles. The van der Waals surface area contributed by atoms with Crippen LogP contribution in [-0.2, 0) is 0 Å². The molecule has 0 aliphatic carbocycles. The Balaban J connectivity index is 0.00000144. The van der Waals surface area contributed by atoms with Crippen molar-refractivity contribution in [2.75, 3.05) is 33.3 Å². The van der Waals surface area contributed by atoms with Crippen LogP contribution in [0.5, 0.6) is 11.5 Å². The van der Waals surface area contributed by atoms with Gasteiger partial charge in [0.05, 0.1) is 17.6 Å². The number of halogens is 3. The Labute approximate surface area is 167 Å². The van der Waals surface area contributed by atoms with Gasteiger partial charge in [-0.1, -0.05) is 6.07 Å². The van der Waals surface area contributed by atoms with Gasteiger partial charge >= 0.3 is 0 Å². The van der Waals surface area contributed by atoms with Crippen LogP contribution in [0.1, 0.15) is 16.5 Å². The highest BCUT2D eigenvalue weighted by Gasteiger charge is 2.26. The van der Waals surface area contributed by atoms with E-state index in [0.29, 0.717) is 10.2 Å². The number of methoxy groups -OCH3 is 1. The molecule has 1 aliphatic heterocycles. The summed E-state index contributed by atoms with van der Waals surface area (Å²) in [5, 5.41) is 15.6. The molecular formula is C16H21BrCl2N2O2S. The van der Waals surface area contributed by atoms with Crippen LogP contribution in [0.3, 0.4) is 0 Å². The van der Waals surface area contributed by atoms with Crippen LogP contribution in [0.25, 0.3) is 0 Å². The molecule has 24 heavy (non-hydrogen) atoms. The van der Waals surface area contributed by atoms with Crippen LogP contribution < -0.4 is 10.1 Å². The van der Waals surface area contributed by atoms with E-state index >= 15 is 0 Å². The monoisotopic (exact) mass is 454 g/mol. The predicted octanol–water partition coefficient (Wildman–Crippen LogP) is 4.06. The fourth-order valence-electron chi connectivity index (χ4n) is 2.85. The first-order valence-electron chi connectivity index (χ1n) is 7.25. The summed E-state index contributed by atoms with van der Waals surface area (Å²) in [5.41, 5.74) is 1.13. The van der Waals surface area contributed by atoms with Crippen molar-refractivity contribution >= 4 is 52.1 Å². The third kappa shape index (κ3) is 4.56. The summed E-state index contributed by atoms with van der Waals surface area (Å²) in [5.74, 6) is 0.651. The van der Waals surface area contributed by atoms with Crippen LogP contribution in [0, 0.1) is 0 Å². The Morgan fingerprint density at radius 2 is 2.00 bits per heavy atom. The maximum Gasteiger partial charge on any atom is 0.172 e. The molecule has 0 radical (unpaired) electrons. The Hall–Kier alpha value is -0.500. The molecule has 1 aromatic heterocycles. The van der Waals surface area contributed by atoms with Crippen LogP contribution in [0.15, 0.2) is 34.1 Å². The van der Waals surface area contributed by atoms with Crippen molar-refractivity contribution in [3.8, 4) is 11.5 Å². The second kappa shape index (κ2) is 9.85. The minimum Gasteiger partial charge on any atom is -0.503 e. The van der Waals surface area contributed by atoms with Crippen molar-refractivity contribution in [3.05, 3.63) is 44.6 Å². The number of phenolic OH excluding ortho intramolecular Hbond substituents is 1. The summed E-state index contributed by atoms with van der Waals surface area (Å²) in [6.45, 7) is 4.00. The van der Waals surface area contributed by atoms with Gasteiger partial charge in [-0.25, -0.2) is 0 Å². The van der Waals surface area contributed by atoms with E-state index in [2.05, 4.69) is 43.7 Å². The highest BCUT2D eigenvalue weighted by molar-refractivity contribution is 9.10. The molecule has 2 aromatic rings. The van der Waals surface area contributed by atoms with Crippen molar-refractivity contribution < 1.29 is 9.84 Å². The fraction of sp³-hybridized carbons (Fsp3) is 0.375. The molecule has 134 valence electrons. The van der Waals surface area contributed by atoms with E-state index in [0.717, 1.165) is 31.7 Å². The minimum absolute atomic E-state index is 0. The molecule has 2 N–H and O–H groups in total.